The van der Waals surface area contributed by atoms with E-state index in [9.17, 15) is 18.0 Å². The van der Waals surface area contributed by atoms with Gasteiger partial charge in [0.2, 0.25) is 15.9 Å². The topological polar surface area (TPSA) is 102 Å². The summed E-state index contributed by atoms with van der Waals surface area (Å²) in [5.74, 6) is -1.14. The van der Waals surface area contributed by atoms with Crippen LogP contribution in [-0.2, 0) is 24.3 Å². The van der Waals surface area contributed by atoms with Gasteiger partial charge in [-0.05, 0) is 31.2 Å². The molecule has 0 aliphatic rings. The molecule has 1 aromatic rings. The van der Waals surface area contributed by atoms with Crippen molar-refractivity contribution in [2.75, 3.05) is 18.5 Å². The van der Waals surface area contributed by atoms with E-state index < -0.39 is 21.9 Å². The SMILES string of the molecule is C=CCNS(=O)(=O)c1ccc(NC(=O)/C=C/C(=O)OCC)cc1. The number of rotatable bonds is 8. The van der Waals surface area contributed by atoms with Crippen LogP contribution in [0.3, 0.4) is 0 Å². The van der Waals surface area contributed by atoms with Crippen LogP contribution in [0, 0.1) is 0 Å². The van der Waals surface area contributed by atoms with Gasteiger partial charge in [0.05, 0.1) is 11.5 Å². The first-order valence-corrected chi connectivity index (χ1v) is 8.24. The third-order valence-corrected chi connectivity index (χ3v) is 3.95. The molecule has 0 saturated carbocycles. The van der Waals surface area contributed by atoms with Crippen molar-refractivity contribution in [1.82, 2.24) is 4.72 Å². The third-order valence-electron chi connectivity index (χ3n) is 2.51. The highest BCUT2D eigenvalue weighted by Gasteiger charge is 2.12. The van der Waals surface area contributed by atoms with E-state index in [2.05, 4.69) is 21.4 Å². The maximum atomic E-state index is 11.9. The summed E-state index contributed by atoms with van der Waals surface area (Å²) in [6.45, 7) is 5.44. The zero-order valence-corrected chi connectivity index (χ0v) is 13.4. The lowest BCUT2D eigenvalue weighted by molar-refractivity contribution is -0.137. The molecule has 7 nitrogen and oxygen atoms in total. The molecule has 2 N–H and O–H groups in total. The smallest absolute Gasteiger partial charge is 0.330 e. The van der Waals surface area contributed by atoms with Gasteiger partial charge in [0.15, 0.2) is 0 Å². The van der Waals surface area contributed by atoms with Gasteiger partial charge >= 0.3 is 5.97 Å². The van der Waals surface area contributed by atoms with Crippen LogP contribution in [0.1, 0.15) is 6.92 Å². The second-order valence-electron chi connectivity index (χ2n) is 4.24. The number of hydrogen-bond acceptors (Lipinski definition) is 5. The normalized spacial score (nSPS) is 11.2. The Labute approximate surface area is 135 Å². The minimum atomic E-state index is -3.60. The molecule has 0 bridgehead atoms. The predicted octanol–water partition coefficient (Wildman–Crippen LogP) is 1.21. The molecule has 0 spiro atoms. The van der Waals surface area contributed by atoms with Crippen molar-refractivity contribution in [1.29, 1.82) is 0 Å². The summed E-state index contributed by atoms with van der Waals surface area (Å²) in [4.78, 5) is 22.7. The molecule has 0 heterocycles. The second kappa shape index (κ2) is 8.86. The highest BCUT2D eigenvalue weighted by Crippen LogP contribution is 2.13. The van der Waals surface area contributed by atoms with Crippen LogP contribution >= 0.6 is 0 Å². The first kappa shape index (κ1) is 18.6. The first-order valence-electron chi connectivity index (χ1n) is 6.75. The van der Waals surface area contributed by atoms with E-state index in [1.165, 1.54) is 30.3 Å². The van der Waals surface area contributed by atoms with Gasteiger partial charge in [-0.15, -0.1) is 6.58 Å². The van der Waals surface area contributed by atoms with Gasteiger partial charge < -0.3 is 10.1 Å². The number of amides is 1. The maximum absolute atomic E-state index is 11.9. The summed E-state index contributed by atoms with van der Waals surface area (Å²) < 4.78 is 30.7. The maximum Gasteiger partial charge on any atom is 0.330 e. The molecule has 0 unspecified atom stereocenters. The number of carbonyl (C=O) groups excluding carboxylic acids is 2. The van der Waals surface area contributed by atoms with Gasteiger partial charge in [-0.3, -0.25) is 4.79 Å². The van der Waals surface area contributed by atoms with Crippen molar-refractivity contribution in [2.24, 2.45) is 0 Å². The lowest BCUT2D eigenvalue weighted by Gasteiger charge is -2.06. The Morgan fingerprint density at radius 3 is 2.43 bits per heavy atom. The zero-order valence-electron chi connectivity index (χ0n) is 12.6. The first-order chi connectivity index (χ1) is 10.9. The molecule has 0 radical (unpaired) electrons. The number of ether oxygens (including phenoxy) is 1. The fraction of sp³-hybridized carbons (Fsp3) is 0.200. The molecule has 0 saturated heterocycles. The van der Waals surface area contributed by atoms with E-state index in [1.807, 2.05) is 0 Å². The Morgan fingerprint density at radius 2 is 1.87 bits per heavy atom. The van der Waals surface area contributed by atoms with Gasteiger partial charge in [0.1, 0.15) is 0 Å². The van der Waals surface area contributed by atoms with E-state index in [0.29, 0.717) is 5.69 Å². The highest BCUT2D eigenvalue weighted by molar-refractivity contribution is 7.89. The fourth-order valence-electron chi connectivity index (χ4n) is 1.49. The van der Waals surface area contributed by atoms with Crippen molar-refractivity contribution in [3.8, 4) is 0 Å². The van der Waals surface area contributed by atoms with Crippen LogP contribution in [-0.4, -0.2) is 33.4 Å². The van der Waals surface area contributed by atoms with Crippen LogP contribution in [0.5, 0.6) is 0 Å². The predicted molar refractivity (Wildman–Crippen MR) is 86.2 cm³/mol. The molecule has 1 aromatic carbocycles. The number of nitrogens with one attached hydrogen (secondary N) is 2. The fourth-order valence-corrected chi connectivity index (χ4v) is 2.49. The monoisotopic (exact) mass is 338 g/mol. The molecule has 23 heavy (non-hydrogen) atoms. The standard InChI is InChI=1S/C15H18N2O5S/c1-3-11-16-23(20,21)13-7-5-12(6-8-13)17-14(18)9-10-15(19)22-4-2/h3,5-10,16H,1,4,11H2,2H3,(H,17,18)/b10-9+. The van der Waals surface area contributed by atoms with Crippen molar-refractivity contribution >= 4 is 27.6 Å². The lowest BCUT2D eigenvalue weighted by Crippen LogP contribution is -2.23. The van der Waals surface area contributed by atoms with Crippen LogP contribution < -0.4 is 10.0 Å². The summed E-state index contributed by atoms with van der Waals surface area (Å²) in [5, 5.41) is 2.50. The second-order valence-corrected chi connectivity index (χ2v) is 6.01. The number of anilines is 1. The Hall–Kier alpha value is -2.45. The van der Waals surface area contributed by atoms with E-state index >= 15 is 0 Å². The van der Waals surface area contributed by atoms with Crippen LogP contribution in [0.15, 0.2) is 54.0 Å². The van der Waals surface area contributed by atoms with Gasteiger partial charge in [-0.1, -0.05) is 6.08 Å². The molecule has 1 amide bonds. The van der Waals surface area contributed by atoms with E-state index in [0.717, 1.165) is 12.2 Å². The number of benzene rings is 1. The Balaban J connectivity index is 2.69. The van der Waals surface area contributed by atoms with Crippen molar-refractivity contribution < 1.29 is 22.7 Å². The third kappa shape index (κ3) is 6.45. The van der Waals surface area contributed by atoms with Gasteiger partial charge in [0, 0.05) is 24.4 Å². The summed E-state index contributed by atoms with van der Waals surface area (Å²) in [6, 6.07) is 5.60. The molecule has 0 aromatic heterocycles. The van der Waals surface area contributed by atoms with Crippen LogP contribution in [0.4, 0.5) is 5.69 Å². The molecular weight excluding hydrogens is 320 g/mol. The van der Waals surface area contributed by atoms with Crippen LogP contribution in [0.25, 0.3) is 0 Å². The average Bonchev–Trinajstić information content (AvgIpc) is 2.52. The molecule has 124 valence electrons. The Morgan fingerprint density at radius 1 is 1.22 bits per heavy atom. The number of carbonyl (C=O) groups is 2. The zero-order chi connectivity index (χ0) is 17.3. The molecule has 0 fully saturated rings. The van der Waals surface area contributed by atoms with E-state index in [1.54, 1.807) is 6.92 Å². The minimum absolute atomic E-state index is 0.0689. The van der Waals surface area contributed by atoms with E-state index in [4.69, 9.17) is 0 Å². The molecular formula is C15H18N2O5S. The van der Waals surface area contributed by atoms with Crippen molar-refractivity contribution in [3.05, 3.63) is 49.1 Å². The largest absolute Gasteiger partial charge is 0.463 e. The Bertz CT molecular complexity index is 693. The van der Waals surface area contributed by atoms with Crippen molar-refractivity contribution in [3.63, 3.8) is 0 Å². The van der Waals surface area contributed by atoms with E-state index in [-0.39, 0.29) is 18.0 Å². The Kier molecular flexibility index (Phi) is 7.17. The van der Waals surface area contributed by atoms with Gasteiger partial charge in [-0.25, -0.2) is 17.9 Å². The summed E-state index contributed by atoms with van der Waals surface area (Å²) >= 11 is 0. The molecule has 0 aliphatic carbocycles. The number of sulfonamides is 1. The van der Waals surface area contributed by atoms with Gasteiger partial charge in [0.25, 0.3) is 0 Å². The van der Waals surface area contributed by atoms with Crippen molar-refractivity contribution in [2.45, 2.75) is 11.8 Å². The summed E-state index contributed by atoms with van der Waals surface area (Å²) in [7, 11) is -3.60. The molecule has 0 aliphatic heterocycles. The lowest BCUT2D eigenvalue weighted by atomic mass is 10.3. The molecule has 8 heteroatoms. The summed E-state index contributed by atoms with van der Waals surface area (Å²) in [6.07, 6.45) is 3.48. The molecule has 0 atom stereocenters. The molecule has 1 rings (SSSR count). The summed E-state index contributed by atoms with van der Waals surface area (Å²) in [5.41, 5.74) is 0.395. The van der Waals surface area contributed by atoms with Gasteiger partial charge in [-0.2, -0.15) is 0 Å². The average molecular weight is 338 g/mol. The number of esters is 1. The van der Waals surface area contributed by atoms with Crippen LogP contribution in [0.2, 0.25) is 0 Å². The quantitative estimate of drug-likeness (QED) is 0.421. The minimum Gasteiger partial charge on any atom is -0.463 e. The highest BCUT2D eigenvalue weighted by atomic mass is 32.2. The number of hydrogen-bond donors (Lipinski definition) is 2.